The Morgan fingerprint density at radius 1 is 1.26 bits per heavy atom. The molecule has 9 heteroatoms. The summed E-state index contributed by atoms with van der Waals surface area (Å²) < 4.78 is 5.38. The van der Waals surface area contributed by atoms with E-state index >= 15 is 0 Å². The number of ether oxygens (including phenoxy) is 1. The number of allylic oxidation sites excluding steroid dienone is 1. The van der Waals surface area contributed by atoms with Crippen molar-refractivity contribution in [2.75, 3.05) is 19.8 Å². The van der Waals surface area contributed by atoms with E-state index in [4.69, 9.17) is 27.9 Å². The number of carbonyl (C=O) groups excluding carboxylic acids is 2. The van der Waals surface area contributed by atoms with Gasteiger partial charge in [0.25, 0.3) is 11.8 Å². The molecule has 2 heterocycles. The van der Waals surface area contributed by atoms with Crippen molar-refractivity contribution < 1.29 is 19.4 Å². The third-order valence-electron chi connectivity index (χ3n) is 5.06. The largest absolute Gasteiger partial charge is 0.484 e. The van der Waals surface area contributed by atoms with Crippen LogP contribution in [0.15, 0.2) is 53.4 Å². The standard InChI is InChI=1S/C22H25Cl2N3O4/c1-13(7-8-25-21(29)12-31-15-5-6-18(23)19(24)10-15)26-22(30)17-9-14-3-2-4-16(17)20(11-28)27-14/h5-6,9-10,20,27-28H,1-4,7-8,11-12H2,(H,25,29)(H,26,30). The van der Waals surface area contributed by atoms with Crippen LogP contribution in [0.1, 0.15) is 25.7 Å². The molecule has 1 aromatic carbocycles. The Morgan fingerprint density at radius 2 is 2.06 bits per heavy atom. The fraction of sp³-hybridized carbons (Fsp3) is 0.364. The van der Waals surface area contributed by atoms with Crippen LogP contribution >= 0.6 is 23.2 Å². The minimum Gasteiger partial charge on any atom is -0.484 e. The average Bonchev–Trinajstić information content (AvgIpc) is 3.08. The number of aliphatic hydroxyl groups is 1. The number of amides is 2. The van der Waals surface area contributed by atoms with Crippen LogP contribution in [0.5, 0.6) is 5.75 Å². The maximum Gasteiger partial charge on any atom is 0.257 e. The molecular weight excluding hydrogens is 441 g/mol. The van der Waals surface area contributed by atoms with Gasteiger partial charge in [-0.25, -0.2) is 0 Å². The molecule has 4 N–H and O–H groups in total. The lowest BCUT2D eigenvalue weighted by molar-refractivity contribution is -0.123. The molecule has 4 rings (SSSR count). The summed E-state index contributed by atoms with van der Waals surface area (Å²) in [6, 6.07) is 4.54. The SMILES string of the molecule is C=C(CCNC(=O)COc1ccc(Cl)c(Cl)c1)NC(=O)C1=C2CCCC(=C1)NC2CO. The minimum atomic E-state index is -0.308. The Hall–Kier alpha value is -2.48. The lowest BCUT2D eigenvalue weighted by Crippen LogP contribution is -2.38. The molecular formula is C22H25Cl2N3O4. The van der Waals surface area contributed by atoms with Crippen LogP contribution in [-0.4, -0.2) is 42.7 Å². The first kappa shape index (κ1) is 23.2. The predicted molar refractivity (Wildman–Crippen MR) is 120 cm³/mol. The van der Waals surface area contributed by atoms with Crippen LogP contribution in [-0.2, 0) is 9.59 Å². The van der Waals surface area contributed by atoms with E-state index < -0.39 is 0 Å². The molecule has 0 radical (unpaired) electrons. The molecule has 0 spiro atoms. The van der Waals surface area contributed by atoms with Crippen LogP contribution in [0.25, 0.3) is 0 Å². The maximum absolute atomic E-state index is 12.7. The summed E-state index contributed by atoms with van der Waals surface area (Å²) in [5.41, 5.74) is 2.97. The summed E-state index contributed by atoms with van der Waals surface area (Å²) >= 11 is 11.8. The summed E-state index contributed by atoms with van der Waals surface area (Å²) in [5.74, 6) is -0.107. The zero-order valence-electron chi connectivity index (χ0n) is 17.0. The van der Waals surface area contributed by atoms with Crippen LogP contribution in [0.4, 0.5) is 0 Å². The van der Waals surface area contributed by atoms with Gasteiger partial charge in [-0.1, -0.05) is 29.8 Å². The molecule has 1 atom stereocenters. The Labute approximate surface area is 191 Å². The van der Waals surface area contributed by atoms with Gasteiger partial charge < -0.3 is 25.8 Å². The van der Waals surface area contributed by atoms with Crippen LogP contribution in [0, 0.1) is 0 Å². The van der Waals surface area contributed by atoms with Gasteiger partial charge >= 0.3 is 0 Å². The van der Waals surface area contributed by atoms with Gasteiger partial charge in [0.1, 0.15) is 5.75 Å². The molecule has 1 fully saturated rings. The highest BCUT2D eigenvalue weighted by Crippen LogP contribution is 2.30. The van der Waals surface area contributed by atoms with Crippen LogP contribution in [0.2, 0.25) is 10.0 Å². The van der Waals surface area contributed by atoms with Crippen molar-refractivity contribution in [3.63, 3.8) is 0 Å². The molecule has 166 valence electrons. The third kappa shape index (κ3) is 6.26. The molecule has 31 heavy (non-hydrogen) atoms. The molecule has 1 aromatic rings. The monoisotopic (exact) mass is 465 g/mol. The summed E-state index contributed by atoms with van der Waals surface area (Å²) in [6.45, 7) is 3.95. The number of hydrogen-bond acceptors (Lipinski definition) is 5. The Morgan fingerprint density at radius 3 is 2.81 bits per heavy atom. The lowest BCUT2D eigenvalue weighted by Gasteiger charge is -2.25. The first-order valence-corrected chi connectivity index (χ1v) is 10.8. The second kappa shape index (κ2) is 10.7. The highest BCUT2D eigenvalue weighted by atomic mass is 35.5. The molecule has 1 saturated heterocycles. The topological polar surface area (TPSA) is 99.7 Å². The van der Waals surface area contributed by atoms with E-state index in [0.29, 0.717) is 40.0 Å². The minimum absolute atomic E-state index is 0.0548. The van der Waals surface area contributed by atoms with Gasteiger partial charge in [0.2, 0.25) is 0 Å². The van der Waals surface area contributed by atoms with Crippen molar-refractivity contribution >= 4 is 35.0 Å². The number of halogens is 2. The van der Waals surface area contributed by atoms with Gasteiger partial charge in [-0.2, -0.15) is 0 Å². The number of benzene rings is 1. The van der Waals surface area contributed by atoms with Crippen molar-refractivity contribution in [1.82, 2.24) is 16.0 Å². The van der Waals surface area contributed by atoms with Crippen molar-refractivity contribution in [3.8, 4) is 5.75 Å². The zero-order chi connectivity index (χ0) is 22.4. The van der Waals surface area contributed by atoms with E-state index in [-0.39, 0.29) is 31.1 Å². The number of nitrogens with one attached hydrogen (secondary N) is 3. The maximum atomic E-state index is 12.7. The number of dihydropyridines is 1. The van der Waals surface area contributed by atoms with E-state index in [1.54, 1.807) is 12.1 Å². The number of fused-ring (bicyclic) bond motifs is 4. The van der Waals surface area contributed by atoms with E-state index in [0.717, 1.165) is 30.5 Å². The first-order chi connectivity index (χ1) is 14.9. The van der Waals surface area contributed by atoms with Gasteiger partial charge in [-0.15, -0.1) is 0 Å². The second-order valence-electron chi connectivity index (χ2n) is 7.36. The average molecular weight is 466 g/mol. The predicted octanol–water partition coefficient (Wildman–Crippen LogP) is 2.84. The normalized spacial score (nSPS) is 17.4. The summed E-state index contributed by atoms with van der Waals surface area (Å²) in [6.07, 6.45) is 4.79. The Kier molecular flexibility index (Phi) is 8.01. The molecule has 1 unspecified atom stereocenters. The Balaban J connectivity index is 1.42. The molecule has 3 aliphatic rings. The van der Waals surface area contributed by atoms with E-state index in [1.165, 1.54) is 6.07 Å². The lowest BCUT2D eigenvalue weighted by atomic mass is 9.95. The number of hydrogen-bond donors (Lipinski definition) is 4. The number of carbonyl (C=O) groups is 2. The van der Waals surface area contributed by atoms with Gasteiger partial charge in [-0.05, 0) is 43.0 Å². The highest BCUT2D eigenvalue weighted by molar-refractivity contribution is 6.42. The van der Waals surface area contributed by atoms with E-state index in [9.17, 15) is 14.7 Å². The van der Waals surface area contributed by atoms with Crippen molar-refractivity contribution in [1.29, 1.82) is 0 Å². The third-order valence-corrected chi connectivity index (χ3v) is 5.80. The van der Waals surface area contributed by atoms with Crippen LogP contribution in [0.3, 0.4) is 0 Å². The fourth-order valence-electron chi connectivity index (χ4n) is 3.51. The van der Waals surface area contributed by atoms with Gasteiger partial charge in [0.15, 0.2) is 6.61 Å². The molecule has 0 aromatic heterocycles. The Bertz CT molecular complexity index is 943. The molecule has 7 nitrogen and oxygen atoms in total. The van der Waals surface area contributed by atoms with Gasteiger partial charge in [0, 0.05) is 36.0 Å². The summed E-state index contributed by atoms with van der Waals surface area (Å²) in [4.78, 5) is 24.7. The van der Waals surface area contributed by atoms with Crippen molar-refractivity contribution in [2.45, 2.75) is 31.7 Å². The highest BCUT2D eigenvalue weighted by Gasteiger charge is 2.28. The van der Waals surface area contributed by atoms with E-state index in [2.05, 4.69) is 22.5 Å². The molecule has 1 aliphatic carbocycles. The summed E-state index contributed by atoms with van der Waals surface area (Å²) in [7, 11) is 0. The fourth-order valence-corrected chi connectivity index (χ4v) is 3.79. The zero-order valence-corrected chi connectivity index (χ0v) is 18.5. The molecule has 2 aliphatic heterocycles. The first-order valence-electron chi connectivity index (χ1n) is 10.0. The van der Waals surface area contributed by atoms with E-state index in [1.807, 2.05) is 6.08 Å². The second-order valence-corrected chi connectivity index (χ2v) is 8.18. The van der Waals surface area contributed by atoms with Crippen LogP contribution < -0.4 is 20.7 Å². The number of rotatable bonds is 9. The molecule has 2 amide bonds. The van der Waals surface area contributed by atoms with Crippen molar-refractivity contribution in [2.24, 2.45) is 0 Å². The number of aliphatic hydroxyl groups excluding tert-OH is 1. The summed E-state index contributed by atoms with van der Waals surface area (Å²) in [5, 5.41) is 19.1. The quantitative estimate of drug-likeness (QED) is 0.449. The smallest absolute Gasteiger partial charge is 0.257 e. The van der Waals surface area contributed by atoms with Gasteiger partial charge in [-0.3, -0.25) is 9.59 Å². The molecule has 2 bridgehead atoms. The van der Waals surface area contributed by atoms with Crippen molar-refractivity contribution in [3.05, 3.63) is 63.4 Å². The molecule has 0 saturated carbocycles. The van der Waals surface area contributed by atoms with Gasteiger partial charge in [0.05, 0.1) is 22.7 Å².